The van der Waals surface area contributed by atoms with Crippen LogP contribution in [0.1, 0.15) is 17.2 Å². The third-order valence-electron chi connectivity index (χ3n) is 3.56. The Morgan fingerprint density at radius 1 is 1.35 bits per heavy atom. The smallest absolute Gasteiger partial charge is 0.239 e. The first kappa shape index (κ1) is 15.5. The molecule has 2 heterocycles. The second kappa shape index (κ2) is 6.80. The molecule has 6 nitrogen and oxygen atoms in total. The molecule has 0 saturated carbocycles. The average Bonchev–Trinajstić information content (AvgIpc) is 3.10. The lowest BCUT2D eigenvalue weighted by Crippen LogP contribution is -2.12. The van der Waals surface area contributed by atoms with Gasteiger partial charge in [0.2, 0.25) is 5.91 Å². The molecule has 0 bridgehead atoms. The largest absolute Gasteiger partial charge is 0.466 e. The number of rotatable bonds is 7. The zero-order chi connectivity index (χ0) is 16.2. The SMILES string of the molecule is O=C1Nc2cc(F)ccc2C1c1cc(NCCOCCO)co1. The number of carbonyl (C=O) groups excluding carboxylic acids is 1. The molecule has 2 aromatic rings. The van der Waals surface area contributed by atoms with Crippen LogP contribution >= 0.6 is 0 Å². The van der Waals surface area contributed by atoms with Gasteiger partial charge in [-0.2, -0.15) is 0 Å². The number of amides is 1. The lowest BCUT2D eigenvalue weighted by Gasteiger charge is -2.05. The van der Waals surface area contributed by atoms with Gasteiger partial charge in [-0.3, -0.25) is 4.79 Å². The number of ether oxygens (including phenoxy) is 1. The maximum absolute atomic E-state index is 13.2. The van der Waals surface area contributed by atoms with Crippen molar-refractivity contribution in [1.29, 1.82) is 0 Å². The van der Waals surface area contributed by atoms with Gasteiger partial charge in [0.05, 0.1) is 25.5 Å². The number of aliphatic hydroxyl groups excluding tert-OH is 1. The van der Waals surface area contributed by atoms with E-state index in [-0.39, 0.29) is 12.5 Å². The lowest BCUT2D eigenvalue weighted by molar-refractivity contribution is -0.116. The van der Waals surface area contributed by atoms with Gasteiger partial charge in [0.15, 0.2) is 0 Å². The third kappa shape index (κ3) is 3.35. The van der Waals surface area contributed by atoms with E-state index in [0.717, 1.165) is 5.69 Å². The minimum absolute atomic E-state index is 0.00729. The summed E-state index contributed by atoms with van der Waals surface area (Å²) in [6.45, 7) is 1.30. The van der Waals surface area contributed by atoms with E-state index < -0.39 is 11.7 Å². The van der Waals surface area contributed by atoms with Gasteiger partial charge >= 0.3 is 0 Å². The van der Waals surface area contributed by atoms with Gasteiger partial charge in [-0.1, -0.05) is 6.07 Å². The quantitative estimate of drug-likeness (QED) is 0.679. The predicted octanol–water partition coefficient (Wildman–Crippen LogP) is 1.92. The van der Waals surface area contributed by atoms with E-state index in [1.165, 1.54) is 18.4 Å². The van der Waals surface area contributed by atoms with E-state index in [2.05, 4.69) is 10.6 Å². The van der Waals surface area contributed by atoms with Gasteiger partial charge in [-0.05, 0) is 17.7 Å². The highest BCUT2D eigenvalue weighted by Gasteiger charge is 2.34. The van der Waals surface area contributed by atoms with Crippen LogP contribution in [0.2, 0.25) is 0 Å². The maximum Gasteiger partial charge on any atom is 0.239 e. The summed E-state index contributed by atoms with van der Waals surface area (Å²) in [5.41, 5.74) is 1.91. The molecule has 0 saturated heterocycles. The highest BCUT2D eigenvalue weighted by molar-refractivity contribution is 6.04. The molecule has 0 radical (unpaired) electrons. The van der Waals surface area contributed by atoms with Crippen molar-refractivity contribution in [2.75, 3.05) is 37.0 Å². The Morgan fingerprint density at radius 3 is 3.04 bits per heavy atom. The molecule has 0 aliphatic carbocycles. The third-order valence-corrected chi connectivity index (χ3v) is 3.56. The van der Waals surface area contributed by atoms with Crippen molar-refractivity contribution in [3.8, 4) is 0 Å². The summed E-state index contributed by atoms with van der Waals surface area (Å²) >= 11 is 0. The zero-order valence-corrected chi connectivity index (χ0v) is 12.3. The fourth-order valence-corrected chi connectivity index (χ4v) is 2.55. The fourth-order valence-electron chi connectivity index (χ4n) is 2.55. The van der Waals surface area contributed by atoms with E-state index >= 15 is 0 Å². The molecule has 7 heteroatoms. The van der Waals surface area contributed by atoms with E-state index in [9.17, 15) is 9.18 Å². The summed E-state index contributed by atoms with van der Waals surface area (Å²) in [5.74, 6) is -0.717. The maximum atomic E-state index is 13.2. The first-order valence-electron chi connectivity index (χ1n) is 7.30. The van der Waals surface area contributed by atoms with Crippen LogP contribution in [0.25, 0.3) is 0 Å². The Morgan fingerprint density at radius 2 is 2.22 bits per heavy atom. The number of halogens is 1. The Labute approximate surface area is 132 Å². The molecular formula is C16H17FN2O4. The molecule has 1 aromatic carbocycles. The van der Waals surface area contributed by atoms with Crippen LogP contribution < -0.4 is 10.6 Å². The molecule has 3 rings (SSSR count). The molecule has 1 amide bonds. The van der Waals surface area contributed by atoms with Gasteiger partial charge in [0, 0.05) is 18.3 Å². The summed E-state index contributed by atoms with van der Waals surface area (Å²) in [6.07, 6.45) is 1.52. The summed E-state index contributed by atoms with van der Waals surface area (Å²) in [7, 11) is 0. The zero-order valence-electron chi connectivity index (χ0n) is 12.3. The standard InChI is InChI=1S/C16H17FN2O4/c17-10-1-2-12-13(7-10)19-16(21)15(12)14-8-11(9-23-14)18-3-5-22-6-4-20/h1-2,7-9,15,18,20H,3-6H2,(H,19,21). The number of hydrogen-bond donors (Lipinski definition) is 3. The van der Waals surface area contributed by atoms with E-state index in [1.807, 2.05) is 0 Å². The molecule has 1 aliphatic rings. The summed E-state index contributed by atoms with van der Waals surface area (Å²) in [4.78, 5) is 12.1. The average molecular weight is 320 g/mol. The molecule has 1 aromatic heterocycles. The fraction of sp³-hybridized carbons (Fsp3) is 0.312. The van der Waals surface area contributed by atoms with Crippen molar-refractivity contribution in [3.63, 3.8) is 0 Å². The van der Waals surface area contributed by atoms with Crippen molar-refractivity contribution in [3.05, 3.63) is 47.7 Å². The molecule has 1 unspecified atom stereocenters. The van der Waals surface area contributed by atoms with E-state index in [0.29, 0.717) is 36.8 Å². The van der Waals surface area contributed by atoms with Crippen molar-refractivity contribution in [2.45, 2.75) is 5.92 Å². The lowest BCUT2D eigenvalue weighted by atomic mass is 9.98. The number of hydrogen-bond acceptors (Lipinski definition) is 5. The number of aliphatic hydroxyl groups is 1. The molecule has 122 valence electrons. The number of benzene rings is 1. The summed E-state index contributed by atoms with van der Waals surface area (Å²) < 4.78 is 23.9. The first-order valence-corrected chi connectivity index (χ1v) is 7.30. The monoisotopic (exact) mass is 320 g/mol. The molecule has 1 atom stereocenters. The van der Waals surface area contributed by atoms with Gasteiger partial charge in [0.1, 0.15) is 23.8 Å². The summed E-state index contributed by atoms with van der Waals surface area (Å²) in [5, 5.41) is 14.4. The predicted molar refractivity (Wildman–Crippen MR) is 82.0 cm³/mol. The number of anilines is 2. The van der Waals surface area contributed by atoms with Gasteiger partial charge < -0.3 is 24.9 Å². The second-order valence-corrected chi connectivity index (χ2v) is 5.15. The molecule has 0 fully saturated rings. The Bertz CT molecular complexity index is 701. The second-order valence-electron chi connectivity index (χ2n) is 5.15. The molecule has 23 heavy (non-hydrogen) atoms. The Kier molecular flexibility index (Phi) is 4.59. The van der Waals surface area contributed by atoms with Crippen molar-refractivity contribution in [1.82, 2.24) is 0 Å². The highest BCUT2D eigenvalue weighted by Crippen LogP contribution is 2.38. The van der Waals surface area contributed by atoms with E-state index in [4.69, 9.17) is 14.3 Å². The minimum Gasteiger partial charge on any atom is -0.466 e. The first-order chi connectivity index (χ1) is 11.2. The van der Waals surface area contributed by atoms with Crippen LogP contribution in [0.3, 0.4) is 0 Å². The number of fused-ring (bicyclic) bond motifs is 1. The number of nitrogens with one attached hydrogen (secondary N) is 2. The molecule has 0 spiro atoms. The van der Waals surface area contributed by atoms with Crippen LogP contribution in [0, 0.1) is 5.82 Å². The highest BCUT2D eigenvalue weighted by atomic mass is 19.1. The van der Waals surface area contributed by atoms with Crippen molar-refractivity contribution in [2.24, 2.45) is 0 Å². The van der Waals surface area contributed by atoms with Crippen LogP contribution in [-0.4, -0.2) is 37.4 Å². The normalized spacial score (nSPS) is 16.3. The Hall–Kier alpha value is -2.38. The van der Waals surface area contributed by atoms with Gasteiger partial charge in [-0.15, -0.1) is 0 Å². The minimum atomic E-state index is -0.577. The molecule has 1 aliphatic heterocycles. The Balaban J connectivity index is 1.68. The van der Waals surface area contributed by atoms with Crippen LogP contribution in [0.5, 0.6) is 0 Å². The van der Waals surface area contributed by atoms with Gasteiger partial charge in [0.25, 0.3) is 0 Å². The number of carbonyl (C=O) groups is 1. The van der Waals surface area contributed by atoms with Crippen molar-refractivity contribution >= 4 is 17.3 Å². The van der Waals surface area contributed by atoms with Gasteiger partial charge in [-0.25, -0.2) is 4.39 Å². The van der Waals surface area contributed by atoms with E-state index in [1.54, 1.807) is 12.1 Å². The number of furan rings is 1. The summed E-state index contributed by atoms with van der Waals surface area (Å²) in [6, 6.07) is 5.96. The van der Waals surface area contributed by atoms with Crippen molar-refractivity contribution < 1.29 is 23.4 Å². The molecular weight excluding hydrogens is 303 g/mol. The topological polar surface area (TPSA) is 83.7 Å². The molecule has 3 N–H and O–H groups in total. The van der Waals surface area contributed by atoms with Crippen LogP contribution in [0.15, 0.2) is 34.9 Å². The van der Waals surface area contributed by atoms with Crippen LogP contribution in [0.4, 0.5) is 15.8 Å². The van der Waals surface area contributed by atoms with Crippen LogP contribution in [-0.2, 0) is 9.53 Å².